The molecule has 0 radical (unpaired) electrons. The number of carbonyl (C=O) groups is 2. The van der Waals surface area contributed by atoms with Crippen LogP contribution >= 0.6 is 22.9 Å². The van der Waals surface area contributed by atoms with Crippen molar-refractivity contribution in [2.45, 2.75) is 12.8 Å². The number of hydrogen-bond donors (Lipinski definition) is 2. The van der Waals surface area contributed by atoms with Crippen LogP contribution in [-0.2, 0) is 4.79 Å². The quantitative estimate of drug-likeness (QED) is 0.788. The fourth-order valence-corrected chi connectivity index (χ4v) is 2.56. The van der Waals surface area contributed by atoms with Gasteiger partial charge in [-0.1, -0.05) is 11.6 Å². The molecule has 0 bridgehead atoms. The van der Waals surface area contributed by atoms with Crippen LogP contribution in [-0.4, -0.2) is 18.4 Å². The summed E-state index contributed by atoms with van der Waals surface area (Å²) in [6.45, 7) is 0.409. The fourth-order valence-electron chi connectivity index (χ4n) is 1.74. The molecule has 2 amide bonds. The van der Waals surface area contributed by atoms with Gasteiger partial charge in [0.05, 0.1) is 5.02 Å². The topological polar surface area (TPSA) is 58.2 Å². The van der Waals surface area contributed by atoms with Gasteiger partial charge in [-0.05, 0) is 36.1 Å². The molecular weight excluding hydrogens is 327 g/mol. The highest BCUT2D eigenvalue weighted by Crippen LogP contribution is 2.19. The molecule has 0 saturated heterocycles. The van der Waals surface area contributed by atoms with Crippen molar-refractivity contribution in [3.63, 3.8) is 0 Å². The van der Waals surface area contributed by atoms with Crippen molar-refractivity contribution in [1.29, 1.82) is 0 Å². The van der Waals surface area contributed by atoms with Crippen LogP contribution < -0.4 is 10.6 Å². The van der Waals surface area contributed by atoms with Gasteiger partial charge < -0.3 is 10.6 Å². The Labute approximate surface area is 136 Å². The zero-order valence-electron chi connectivity index (χ0n) is 11.6. The third-order valence-corrected chi connectivity index (χ3v) is 3.83. The Morgan fingerprint density at radius 3 is 2.77 bits per heavy atom. The number of benzene rings is 1. The maximum atomic E-state index is 13.0. The van der Waals surface area contributed by atoms with E-state index in [2.05, 4.69) is 10.6 Å². The lowest BCUT2D eigenvalue weighted by atomic mass is 10.2. The number of rotatable bonds is 6. The van der Waals surface area contributed by atoms with Crippen molar-refractivity contribution < 1.29 is 14.0 Å². The second-order valence-electron chi connectivity index (χ2n) is 4.55. The minimum absolute atomic E-state index is 0.0409. The Bertz CT molecular complexity index is 662. The van der Waals surface area contributed by atoms with E-state index in [1.807, 2.05) is 5.38 Å². The van der Waals surface area contributed by atoms with Gasteiger partial charge in [-0.3, -0.25) is 9.59 Å². The molecule has 0 fully saturated rings. The van der Waals surface area contributed by atoms with Gasteiger partial charge in [0.25, 0.3) is 5.91 Å². The highest BCUT2D eigenvalue weighted by molar-refractivity contribution is 7.08. The molecule has 22 heavy (non-hydrogen) atoms. The Hall–Kier alpha value is -1.92. The standard InChI is InChI=1S/C15H14ClFN2O2S/c16-12-8-11(3-4-13(12)17)19-14(20)2-1-6-18-15(21)10-5-7-22-9-10/h3-5,7-9H,1-2,6H2,(H,18,21)(H,19,20). The minimum atomic E-state index is -0.532. The maximum Gasteiger partial charge on any atom is 0.252 e. The Morgan fingerprint density at radius 1 is 1.27 bits per heavy atom. The molecule has 0 saturated carbocycles. The first-order valence-corrected chi connectivity index (χ1v) is 7.93. The van der Waals surface area contributed by atoms with Crippen LogP contribution in [0.3, 0.4) is 0 Å². The van der Waals surface area contributed by atoms with Gasteiger partial charge in [0.1, 0.15) is 5.82 Å². The van der Waals surface area contributed by atoms with E-state index in [9.17, 15) is 14.0 Å². The first kappa shape index (κ1) is 16.5. The Kier molecular flexibility index (Phi) is 5.91. The summed E-state index contributed by atoms with van der Waals surface area (Å²) in [5.74, 6) is -0.893. The van der Waals surface area contributed by atoms with Crippen molar-refractivity contribution in [3.05, 3.63) is 51.4 Å². The molecule has 0 aliphatic rings. The highest BCUT2D eigenvalue weighted by Gasteiger charge is 2.07. The van der Waals surface area contributed by atoms with Crippen LogP contribution in [0.5, 0.6) is 0 Å². The molecular formula is C15H14ClFN2O2S. The summed E-state index contributed by atoms with van der Waals surface area (Å²) in [6.07, 6.45) is 0.759. The lowest BCUT2D eigenvalue weighted by molar-refractivity contribution is -0.116. The third-order valence-electron chi connectivity index (χ3n) is 2.85. The summed E-state index contributed by atoms with van der Waals surface area (Å²) >= 11 is 7.09. The second-order valence-corrected chi connectivity index (χ2v) is 5.74. The fraction of sp³-hybridized carbons (Fsp3) is 0.200. The number of nitrogens with one attached hydrogen (secondary N) is 2. The molecule has 1 aromatic heterocycles. The van der Waals surface area contributed by atoms with Crippen molar-refractivity contribution in [2.75, 3.05) is 11.9 Å². The monoisotopic (exact) mass is 340 g/mol. The molecule has 7 heteroatoms. The summed E-state index contributed by atoms with van der Waals surface area (Å²) in [6, 6.07) is 5.73. The van der Waals surface area contributed by atoms with Gasteiger partial charge in [0.2, 0.25) is 5.91 Å². The molecule has 2 N–H and O–H groups in total. The first-order chi connectivity index (χ1) is 10.6. The predicted octanol–water partition coefficient (Wildman–Crippen LogP) is 3.69. The maximum absolute atomic E-state index is 13.0. The SMILES string of the molecule is O=C(CCCNC(=O)c1ccsc1)Nc1ccc(F)c(Cl)c1. The van der Waals surface area contributed by atoms with Crippen molar-refractivity contribution in [2.24, 2.45) is 0 Å². The number of anilines is 1. The predicted molar refractivity (Wildman–Crippen MR) is 85.9 cm³/mol. The summed E-state index contributed by atoms with van der Waals surface area (Å²) in [4.78, 5) is 23.4. The van der Waals surface area contributed by atoms with Crippen molar-refractivity contribution >= 4 is 40.4 Å². The van der Waals surface area contributed by atoms with E-state index in [1.54, 1.807) is 11.4 Å². The van der Waals surface area contributed by atoms with E-state index in [-0.39, 0.29) is 23.3 Å². The summed E-state index contributed by atoms with van der Waals surface area (Å²) in [5, 5.41) is 8.92. The molecule has 2 aromatic rings. The summed E-state index contributed by atoms with van der Waals surface area (Å²) in [7, 11) is 0. The van der Waals surface area contributed by atoms with E-state index >= 15 is 0 Å². The lowest BCUT2D eigenvalue weighted by Gasteiger charge is -2.07. The summed E-state index contributed by atoms with van der Waals surface area (Å²) < 4.78 is 13.0. The average molecular weight is 341 g/mol. The normalized spacial score (nSPS) is 10.3. The Balaban J connectivity index is 1.69. The first-order valence-electron chi connectivity index (χ1n) is 6.61. The van der Waals surface area contributed by atoms with Gasteiger partial charge in [-0.2, -0.15) is 11.3 Å². The number of halogens is 2. The number of amides is 2. The van der Waals surface area contributed by atoms with Gasteiger partial charge in [0, 0.05) is 29.6 Å². The molecule has 116 valence electrons. The van der Waals surface area contributed by atoms with Crippen LogP contribution in [0.1, 0.15) is 23.2 Å². The van der Waals surface area contributed by atoms with Gasteiger partial charge in [-0.25, -0.2) is 4.39 Å². The van der Waals surface area contributed by atoms with Gasteiger partial charge >= 0.3 is 0 Å². The molecule has 2 rings (SSSR count). The van der Waals surface area contributed by atoms with Gasteiger partial charge in [0.15, 0.2) is 0 Å². The van der Waals surface area contributed by atoms with Gasteiger partial charge in [-0.15, -0.1) is 0 Å². The largest absolute Gasteiger partial charge is 0.352 e. The van der Waals surface area contributed by atoms with Crippen LogP contribution in [0.4, 0.5) is 10.1 Å². The average Bonchev–Trinajstić information content (AvgIpc) is 3.01. The van der Waals surface area contributed by atoms with Crippen LogP contribution in [0.2, 0.25) is 5.02 Å². The number of carbonyl (C=O) groups excluding carboxylic acids is 2. The number of hydrogen-bond acceptors (Lipinski definition) is 3. The molecule has 0 spiro atoms. The minimum Gasteiger partial charge on any atom is -0.352 e. The molecule has 0 unspecified atom stereocenters. The molecule has 0 atom stereocenters. The molecule has 4 nitrogen and oxygen atoms in total. The van der Waals surface area contributed by atoms with E-state index in [0.29, 0.717) is 24.2 Å². The lowest BCUT2D eigenvalue weighted by Crippen LogP contribution is -2.25. The van der Waals surface area contributed by atoms with Crippen LogP contribution in [0.25, 0.3) is 0 Å². The molecule has 1 aromatic carbocycles. The highest BCUT2D eigenvalue weighted by atomic mass is 35.5. The molecule has 0 aliphatic carbocycles. The van der Waals surface area contributed by atoms with Crippen molar-refractivity contribution in [3.8, 4) is 0 Å². The second kappa shape index (κ2) is 7.91. The van der Waals surface area contributed by atoms with Crippen LogP contribution in [0.15, 0.2) is 35.0 Å². The molecule has 1 heterocycles. The zero-order chi connectivity index (χ0) is 15.9. The van der Waals surface area contributed by atoms with Crippen molar-refractivity contribution in [1.82, 2.24) is 5.32 Å². The Morgan fingerprint density at radius 2 is 2.09 bits per heavy atom. The van der Waals surface area contributed by atoms with Crippen LogP contribution in [0, 0.1) is 5.82 Å². The summed E-state index contributed by atoms with van der Waals surface area (Å²) in [5.41, 5.74) is 1.06. The van der Waals surface area contributed by atoms with E-state index in [4.69, 9.17) is 11.6 Å². The number of thiophene rings is 1. The smallest absolute Gasteiger partial charge is 0.252 e. The zero-order valence-corrected chi connectivity index (χ0v) is 13.1. The van der Waals surface area contributed by atoms with E-state index < -0.39 is 5.82 Å². The van der Waals surface area contributed by atoms with E-state index in [1.165, 1.54) is 29.5 Å². The van der Waals surface area contributed by atoms with E-state index in [0.717, 1.165) is 0 Å². The third kappa shape index (κ3) is 4.82. The molecule has 0 aliphatic heterocycles.